The molecule has 8 nitrogen and oxygen atoms in total. The van der Waals surface area contributed by atoms with Gasteiger partial charge >= 0.3 is 0 Å². The summed E-state index contributed by atoms with van der Waals surface area (Å²) in [6.45, 7) is 4.18. The molecule has 2 aromatic heterocycles. The number of benzene rings is 2. The standard InChI is InChI=1S/C24H18N4O4S/c1-3-17-25-26-23(33-17)28-21(30)20-18(19(29)13-9-5-8-12-16(13)32-20)24(28)14-10-6-7-11-15(14)27(4-2)22(24)31/h5-12H,3-4H2,1-2H3. The van der Waals surface area contributed by atoms with Gasteiger partial charge in [0, 0.05) is 12.1 Å². The van der Waals surface area contributed by atoms with Crippen molar-refractivity contribution in [2.45, 2.75) is 25.8 Å². The van der Waals surface area contributed by atoms with Gasteiger partial charge in [-0.3, -0.25) is 19.3 Å². The highest BCUT2D eigenvalue weighted by Gasteiger charge is 2.66. The highest BCUT2D eigenvalue weighted by Crippen LogP contribution is 2.54. The highest BCUT2D eigenvalue weighted by molar-refractivity contribution is 7.15. The molecule has 1 spiro atoms. The molecule has 1 unspecified atom stereocenters. The Bertz CT molecular complexity index is 1540. The molecule has 0 saturated carbocycles. The molecule has 0 bridgehead atoms. The number of amides is 2. The Balaban J connectivity index is 1.78. The first-order valence-corrected chi connectivity index (χ1v) is 11.5. The van der Waals surface area contributed by atoms with Crippen molar-refractivity contribution >= 4 is 44.9 Å². The van der Waals surface area contributed by atoms with Crippen LogP contribution in [-0.2, 0) is 16.8 Å². The van der Waals surface area contributed by atoms with Crippen LogP contribution in [0.2, 0.25) is 0 Å². The summed E-state index contributed by atoms with van der Waals surface area (Å²) in [4.78, 5) is 44.8. The molecule has 6 rings (SSSR count). The Kier molecular flexibility index (Phi) is 4.09. The second-order valence-electron chi connectivity index (χ2n) is 7.88. The largest absolute Gasteiger partial charge is 0.450 e. The number of anilines is 2. The van der Waals surface area contributed by atoms with Gasteiger partial charge in [0.2, 0.25) is 10.9 Å². The molecule has 0 aliphatic carbocycles. The normalized spacial score (nSPS) is 19.1. The minimum absolute atomic E-state index is 0.0350. The number of rotatable bonds is 3. The number of hydrogen-bond acceptors (Lipinski definition) is 7. The average molecular weight is 458 g/mol. The third-order valence-electron chi connectivity index (χ3n) is 6.30. The first kappa shape index (κ1) is 19.8. The van der Waals surface area contributed by atoms with E-state index >= 15 is 0 Å². The van der Waals surface area contributed by atoms with E-state index in [1.165, 1.54) is 16.2 Å². The number of likely N-dealkylation sites (N-methyl/N-ethyl adjacent to an activating group) is 1. The van der Waals surface area contributed by atoms with E-state index in [1.807, 2.05) is 26.0 Å². The number of carbonyl (C=O) groups excluding carboxylic acids is 2. The topological polar surface area (TPSA) is 96.6 Å². The van der Waals surface area contributed by atoms with E-state index in [4.69, 9.17) is 4.42 Å². The van der Waals surface area contributed by atoms with Crippen molar-refractivity contribution in [3.8, 4) is 0 Å². The van der Waals surface area contributed by atoms with Gasteiger partial charge in [-0.05, 0) is 31.5 Å². The first-order valence-electron chi connectivity index (χ1n) is 10.7. The fourth-order valence-electron chi connectivity index (χ4n) is 4.90. The third kappa shape index (κ3) is 2.32. The molecule has 0 saturated heterocycles. The number of aryl methyl sites for hydroxylation is 1. The minimum Gasteiger partial charge on any atom is -0.450 e. The van der Waals surface area contributed by atoms with E-state index in [9.17, 15) is 14.4 Å². The Morgan fingerprint density at radius 3 is 2.52 bits per heavy atom. The minimum atomic E-state index is -1.70. The van der Waals surface area contributed by atoms with E-state index < -0.39 is 16.9 Å². The van der Waals surface area contributed by atoms with Gasteiger partial charge in [0.1, 0.15) is 10.6 Å². The Morgan fingerprint density at radius 2 is 1.76 bits per heavy atom. The summed E-state index contributed by atoms with van der Waals surface area (Å²) in [7, 11) is 0. The summed E-state index contributed by atoms with van der Waals surface area (Å²) in [5.41, 5.74) is -0.557. The van der Waals surface area contributed by atoms with Crippen LogP contribution in [0.3, 0.4) is 0 Å². The fourth-order valence-corrected chi connectivity index (χ4v) is 5.73. The van der Waals surface area contributed by atoms with Crippen molar-refractivity contribution in [2.24, 2.45) is 0 Å². The molecule has 1 atom stereocenters. The second kappa shape index (κ2) is 6.82. The van der Waals surface area contributed by atoms with Crippen LogP contribution in [0.5, 0.6) is 0 Å². The highest BCUT2D eigenvalue weighted by atomic mass is 32.1. The SMILES string of the molecule is CCc1nnc(N2C(=O)c3oc4ccccc4c(=O)c3C23C(=O)N(CC)c2ccccc23)s1. The zero-order valence-corrected chi connectivity index (χ0v) is 18.7. The molecule has 0 N–H and O–H groups in total. The van der Waals surface area contributed by atoms with Gasteiger partial charge in [-0.1, -0.05) is 48.6 Å². The smallest absolute Gasteiger partial charge is 0.297 e. The maximum Gasteiger partial charge on any atom is 0.297 e. The van der Waals surface area contributed by atoms with Gasteiger partial charge in [0.05, 0.1) is 16.6 Å². The first-order chi connectivity index (χ1) is 16.0. The van der Waals surface area contributed by atoms with E-state index in [0.717, 1.165) is 5.01 Å². The molecule has 2 amide bonds. The number of hydrogen-bond donors (Lipinski definition) is 0. The molecule has 164 valence electrons. The van der Waals surface area contributed by atoms with Crippen LogP contribution in [0, 0.1) is 0 Å². The maximum atomic E-state index is 14.2. The number of carbonyl (C=O) groups is 2. The second-order valence-corrected chi connectivity index (χ2v) is 8.92. The number of nitrogens with zero attached hydrogens (tertiary/aromatic N) is 4. The summed E-state index contributed by atoms with van der Waals surface area (Å²) in [6, 6.07) is 14.0. The van der Waals surface area contributed by atoms with E-state index in [0.29, 0.717) is 35.2 Å². The van der Waals surface area contributed by atoms with Gasteiger partial charge in [-0.15, -0.1) is 10.2 Å². The van der Waals surface area contributed by atoms with Crippen LogP contribution < -0.4 is 15.2 Å². The van der Waals surface area contributed by atoms with Crippen LogP contribution >= 0.6 is 11.3 Å². The summed E-state index contributed by atoms with van der Waals surface area (Å²) < 4.78 is 6.00. The predicted octanol–water partition coefficient (Wildman–Crippen LogP) is 3.48. The lowest BCUT2D eigenvalue weighted by Crippen LogP contribution is -2.53. The summed E-state index contributed by atoms with van der Waals surface area (Å²) >= 11 is 1.23. The van der Waals surface area contributed by atoms with Crippen LogP contribution in [0.1, 0.15) is 40.5 Å². The summed E-state index contributed by atoms with van der Waals surface area (Å²) in [6.07, 6.45) is 0.631. The van der Waals surface area contributed by atoms with Crippen molar-refractivity contribution in [3.63, 3.8) is 0 Å². The summed E-state index contributed by atoms with van der Waals surface area (Å²) in [5, 5.41) is 9.70. The van der Waals surface area contributed by atoms with Crippen molar-refractivity contribution in [2.75, 3.05) is 16.3 Å². The zero-order chi connectivity index (χ0) is 22.9. The van der Waals surface area contributed by atoms with Gasteiger partial charge in [0.15, 0.2) is 11.0 Å². The third-order valence-corrected chi connectivity index (χ3v) is 7.35. The molecule has 33 heavy (non-hydrogen) atoms. The lowest BCUT2D eigenvalue weighted by Gasteiger charge is -2.31. The molecule has 4 heterocycles. The maximum absolute atomic E-state index is 14.2. The van der Waals surface area contributed by atoms with Crippen molar-refractivity contribution in [1.82, 2.24) is 10.2 Å². The lowest BCUT2D eigenvalue weighted by molar-refractivity contribution is -0.121. The molecule has 0 radical (unpaired) electrons. The van der Waals surface area contributed by atoms with Crippen molar-refractivity contribution < 1.29 is 14.0 Å². The van der Waals surface area contributed by atoms with Crippen molar-refractivity contribution in [3.05, 3.63) is 80.6 Å². The van der Waals surface area contributed by atoms with Crippen LogP contribution in [0.4, 0.5) is 10.8 Å². The van der Waals surface area contributed by atoms with Gasteiger partial charge in [0.25, 0.3) is 11.8 Å². The van der Waals surface area contributed by atoms with Crippen LogP contribution in [0.25, 0.3) is 11.0 Å². The van der Waals surface area contributed by atoms with Crippen molar-refractivity contribution in [1.29, 1.82) is 0 Å². The number of fused-ring (bicyclic) bond motifs is 5. The number of para-hydroxylation sites is 2. The molecular weight excluding hydrogens is 440 g/mol. The average Bonchev–Trinajstić information content (AvgIpc) is 3.48. The van der Waals surface area contributed by atoms with Gasteiger partial charge in [-0.25, -0.2) is 0 Å². The quantitative estimate of drug-likeness (QED) is 0.466. The molecule has 9 heteroatoms. The monoisotopic (exact) mass is 458 g/mol. The molecule has 2 aromatic carbocycles. The molecule has 2 aliphatic rings. The Labute approximate surface area is 192 Å². The molecular formula is C24H18N4O4S. The predicted molar refractivity (Wildman–Crippen MR) is 124 cm³/mol. The van der Waals surface area contributed by atoms with E-state index in [-0.39, 0.29) is 22.4 Å². The molecule has 0 fully saturated rings. The van der Waals surface area contributed by atoms with Gasteiger partial charge < -0.3 is 9.32 Å². The van der Waals surface area contributed by atoms with Crippen LogP contribution in [-0.4, -0.2) is 28.6 Å². The van der Waals surface area contributed by atoms with Crippen LogP contribution in [0.15, 0.2) is 57.7 Å². The molecule has 2 aliphatic heterocycles. The summed E-state index contributed by atoms with van der Waals surface area (Å²) in [5.74, 6) is -1.09. The Hall–Kier alpha value is -3.85. The molecule has 4 aromatic rings. The van der Waals surface area contributed by atoms with Gasteiger partial charge in [-0.2, -0.15) is 0 Å². The fraction of sp³-hybridized carbons (Fsp3) is 0.208. The lowest BCUT2D eigenvalue weighted by atomic mass is 9.84. The Morgan fingerprint density at radius 1 is 1.00 bits per heavy atom. The zero-order valence-electron chi connectivity index (χ0n) is 17.9. The number of aromatic nitrogens is 2. The van der Waals surface area contributed by atoms with E-state index in [1.54, 1.807) is 41.3 Å². The van der Waals surface area contributed by atoms with E-state index in [2.05, 4.69) is 10.2 Å².